The number of anilines is 2. The summed E-state index contributed by atoms with van der Waals surface area (Å²) < 4.78 is 6.99. The van der Waals surface area contributed by atoms with Gasteiger partial charge in [-0.2, -0.15) is 4.98 Å². The predicted octanol–water partition coefficient (Wildman–Crippen LogP) is 3.65. The summed E-state index contributed by atoms with van der Waals surface area (Å²) in [5.74, 6) is 1.89. The van der Waals surface area contributed by atoms with Gasteiger partial charge in [-0.1, -0.05) is 18.2 Å². The highest BCUT2D eigenvalue weighted by molar-refractivity contribution is 5.99. The quantitative estimate of drug-likeness (QED) is 0.556. The third-order valence-electron chi connectivity index (χ3n) is 4.84. The first-order valence-corrected chi connectivity index (χ1v) is 9.25. The number of nitrogens with zero attached hydrogens (tertiary/aromatic N) is 4. The first-order chi connectivity index (χ1) is 13.7. The number of rotatable bonds is 5. The molecule has 0 saturated heterocycles. The van der Waals surface area contributed by atoms with E-state index in [1.807, 2.05) is 54.6 Å². The lowest BCUT2D eigenvalue weighted by Crippen LogP contribution is -2.06. The third-order valence-corrected chi connectivity index (χ3v) is 4.84. The van der Waals surface area contributed by atoms with Gasteiger partial charge in [0.25, 0.3) is 0 Å². The largest absolute Gasteiger partial charge is 0.497 e. The van der Waals surface area contributed by atoms with Crippen molar-refractivity contribution in [2.75, 3.05) is 18.2 Å². The summed E-state index contributed by atoms with van der Waals surface area (Å²) >= 11 is 0. The van der Waals surface area contributed by atoms with Crippen molar-refractivity contribution in [3.05, 3.63) is 54.6 Å². The second-order valence-corrected chi connectivity index (χ2v) is 6.87. The lowest BCUT2D eigenvalue weighted by atomic mass is 10.1. The predicted molar refractivity (Wildman–Crippen MR) is 110 cm³/mol. The molecular weight excluding hydrogens is 352 g/mol. The van der Waals surface area contributed by atoms with E-state index >= 15 is 0 Å². The van der Waals surface area contributed by atoms with Crippen LogP contribution in [0.3, 0.4) is 0 Å². The first kappa shape index (κ1) is 16.6. The van der Waals surface area contributed by atoms with E-state index in [2.05, 4.69) is 15.4 Å². The topological polar surface area (TPSA) is 90.9 Å². The van der Waals surface area contributed by atoms with Crippen LogP contribution in [0.15, 0.2) is 54.6 Å². The van der Waals surface area contributed by atoms with Gasteiger partial charge in [-0.25, -0.2) is 9.67 Å². The van der Waals surface area contributed by atoms with Gasteiger partial charge in [-0.15, -0.1) is 5.10 Å². The Bertz CT molecular complexity index is 1130. The molecule has 0 atom stereocenters. The van der Waals surface area contributed by atoms with Gasteiger partial charge in [0.15, 0.2) is 5.65 Å². The zero-order chi connectivity index (χ0) is 19.1. The summed E-state index contributed by atoms with van der Waals surface area (Å²) in [7, 11) is 1.65. The number of nitrogen functional groups attached to an aromatic ring is 1. The molecule has 7 heteroatoms. The van der Waals surface area contributed by atoms with Crippen LogP contribution >= 0.6 is 0 Å². The highest BCUT2D eigenvalue weighted by Gasteiger charge is 2.24. The molecule has 0 radical (unpaired) electrons. The summed E-state index contributed by atoms with van der Waals surface area (Å²) in [6.07, 6.45) is 2.28. The molecule has 5 rings (SSSR count). The molecular formula is C21H20N6O. The average Bonchev–Trinajstić information content (AvgIpc) is 3.49. The van der Waals surface area contributed by atoms with Crippen LogP contribution in [0.1, 0.15) is 12.8 Å². The summed E-state index contributed by atoms with van der Waals surface area (Å²) in [5, 5.41) is 8.78. The maximum absolute atomic E-state index is 6.50. The molecule has 1 saturated carbocycles. The van der Waals surface area contributed by atoms with Crippen molar-refractivity contribution in [1.82, 2.24) is 19.7 Å². The zero-order valence-electron chi connectivity index (χ0n) is 15.5. The number of benzene rings is 2. The van der Waals surface area contributed by atoms with Gasteiger partial charge in [0.2, 0.25) is 5.95 Å². The Kier molecular flexibility index (Phi) is 3.86. The fourth-order valence-corrected chi connectivity index (χ4v) is 3.21. The summed E-state index contributed by atoms with van der Waals surface area (Å²) in [6, 6.07) is 18.0. The third kappa shape index (κ3) is 2.90. The van der Waals surface area contributed by atoms with Crippen molar-refractivity contribution in [3.8, 4) is 22.7 Å². The second-order valence-electron chi connectivity index (χ2n) is 6.87. The minimum Gasteiger partial charge on any atom is -0.497 e. The van der Waals surface area contributed by atoms with E-state index in [4.69, 9.17) is 15.5 Å². The number of para-hydroxylation sites is 1. The molecule has 1 fully saturated rings. The summed E-state index contributed by atoms with van der Waals surface area (Å²) in [5.41, 5.74) is 9.66. The van der Waals surface area contributed by atoms with Crippen molar-refractivity contribution in [2.45, 2.75) is 18.9 Å². The van der Waals surface area contributed by atoms with Crippen molar-refractivity contribution in [1.29, 1.82) is 0 Å². The van der Waals surface area contributed by atoms with Gasteiger partial charge in [0.1, 0.15) is 11.6 Å². The number of nitrogens with two attached hydrogens (primary N) is 1. The molecule has 2 heterocycles. The Morgan fingerprint density at radius 1 is 1.04 bits per heavy atom. The molecule has 0 aliphatic heterocycles. The number of hydrogen-bond donors (Lipinski definition) is 2. The van der Waals surface area contributed by atoms with Crippen LogP contribution in [0, 0.1) is 0 Å². The van der Waals surface area contributed by atoms with E-state index in [0.29, 0.717) is 23.5 Å². The molecule has 1 aliphatic carbocycles. The molecule has 2 aromatic carbocycles. The Balaban J connectivity index is 1.72. The standard InChI is InChI=1S/C21H20N6O/c1-28-16-11-7-13(8-12-16)18-17-19(22)27(15-5-3-2-4-6-15)26-20(17)25-21(24-18)23-14-9-10-14/h2-8,11-12,14H,9-10,22H2,1H3,(H,23,25,26). The smallest absolute Gasteiger partial charge is 0.225 e. The molecule has 7 nitrogen and oxygen atoms in total. The maximum Gasteiger partial charge on any atom is 0.225 e. The van der Waals surface area contributed by atoms with Crippen LogP contribution in [-0.4, -0.2) is 32.9 Å². The lowest BCUT2D eigenvalue weighted by Gasteiger charge is -2.08. The molecule has 2 aromatic heterocycles. The van der Waals surface area contributed by atoms with Gasteiger partial charge >= 0.3 is 0 Å². The molecule has 28 heavy (non-hydrogen) atoms. The van der Waals surface area contributed by atoms with E-state index < -0.39 is 0 Å². The van der Waals surface area contributed by atoms with E-state index in [-0.39, 0.29) is 0 Å². The molecule has 140 valence electrons. The van der Waals surface area contributed by atoms with E-state index in [1.165, 1.54) is 0 Å². The molecule has 0 amide bonds. The minimum absolute atomic E-state index is 0.440. The van der Waals surface area contributed by atoms with Crippen LogP contribution in [0.5, 0.6) is 5.75 Å². The van der Waals surface area contributed by atoms with E-state index in [0.717, 1.165) is 40.9 Å². The van der Waals surface area contributed by atoms with Crippen LogP contribution < -0.4 is 15.8 Å². The fourth-order valence-electron chi connectivity index (χ4n) is 3.21. The highest BCUT2D eigenvalue weighted by Crippen LogP contribution is 2.34. The molecule has 1 aliphatic rings. The number of ether oxygens (including phenoxy) is 1. The number of nitrogens with one attached hydrogen (secondary N) is 1. The number of aromatic nitrogens is 4. The van der Waals surface area contributed by atoms with Gasteiger partial charge < -0.3 is 15.8 Å². The SMILES string of the molecule is COc1ccc(-c2nc(NC3CC3)nc3nn(-c4ccccc4)c(N)c23)cc1. The van der Waals surface area contributed by atoms with Crippen LogP contribution in [-0.2, 0) is 0 Å². The Morgan fingerprint density at radius 2 is 1.79 bits per heavy atom. The lowest BCUT2D eigenvalue weighted by molar-refractivity contribution is 0.415. The van der Waals surface area contributed by atoms with Gasteiger partial charge in [0.05, 0.1) is 23.9 Å². The van der Waals surface area contributed by atoms with E-state index in [9.17, 15) is 0 Å². The maximum atomic E-state index is 6.50. The molecule has 0 bridgehead atoms. The number of hydrogen-bond acceptors (Lipinski definition) is 6. The van der Waals surface area contributed by atoms with Gasteiger partial charge in [0, 0.05) is 11.6 Å². The fraction of sp³-hybridized carbons (Fsp3) is 0.190. The Hall–Kier alpha value is -3.61. The molecule has 0 unspecified atom stereocenters. The van der Waals surface area contributed by atoms with Gasteiger partial charge in [-0.3, -0.25) is 0 Å². The summed E-state index contributed by atoms with van der Waals surface area (Å²) in [6.45, 7) is 0. The average molecular weight is 372 g/mol. The van der Waals surface area contributed by atoms with Gasteiger partial charge in [-0.05, 0) is 49.2 Å². The normalized spacial score (nSPS) is 13.6. The Labute approximate surface area is 162 Å². The first-order valence-electron chi connectivity index (χ1n) is 9.25. The van der Waals surface area contributed by atoms with Crippen molar-refractivity contribution >= 4 is 22.8 Å². The number of fused-ring (bicyclic) bond motifs is 1. The van der Waals surface area contributed by atoms with Crippen molar-refractivity contribution in [3.63, 3.8) is 0 Å². The van der Waals surface area contributed by atoms with Crippen molar-refractivity contribution in [2.24, 2.45) is 0 Å². The van der Waals surface area contributed by atoms with Crippen LogP contribution in [0.2, 0.25) is 0 Å². The number of methoxy groups -OCH3 is 1. The van der Waals surface area contributed by atoms with Crippen LogP contribution in [0.4, 0.5) is 11.8 Å². The zero-order valence-corrected chi connectivity index (χ0v) is 15.5. The molecule has 3 N–H and O–H groups in total. The van der Waals surface area contributed by atoms with Crippen molar-refractivity contribution < 1.29 is 4.74 Å². The van der Waals surface area contributed by atoms with E-state index in [1.54, 1.807) is 11.8 Å². The Morgan fingerprint density at radius 3 is 2.46 bits per heavy atom. The molecule has 0 spiro atoms. The molecule has 4 aromatic rings. The minimum atomic E-state index is 0.440. The summed E-state index contributed by atoms with van der Waals surface area (Å²) in [4.78, 5) is 9.40. The monoisotopic (exact) mass is 372 g/mol. The van der Waals surface area contributed by atoms with Crippen LogP contribution in [0.25, 0.3) is 28.0 Å². The highest BCUT2D eigenvalue weighted by atomic mass is 16.5. The second kappa shape index (κ2) is 6.53.